The average Bonchev–Trinajstić information content (AvgIpc) is 2.61. The van der Waals surface area contributed by atoms with Crippen LogP contribution in [0.1, 0.15) is 0 Å². The van der Waals surface area contributed by atoms with E-state index >= 15 is 0 Å². The van der Waals surface area contributed by atoms with Crippen LogP contribution in [0.25, 0.3) is 5.69 Å². The number of hydrogen-bond acceptors (Lipinski definition) is 4. The van der Waals surface area contributed by atoms with Gasteiger partial charge >= 0.3 is 0 Å². The van der Waals surface area contributed by atoms with E-state index in [1.807, 2.05) is 12.1 Å². The van der Waals surface area contributed by atoms with Gasteiger partial charge in [-0.3, -0.25) is 0 Å². The third-order valence-corrected chi connectivity index (χ3v) is 3.88. The van der Waals surface area contributed by atoms with E-state index in [1.165, 1.54) is 10.9 Å². The Morgan fingerprint density at radius 2 is 1.88 bits per heavy atom. The van der Waals surface area contributed by atoms with Crippen molar-refractivity contribution in [2.24, 2.45) is 0 Å². The van der Waals surface area contributed by atoms with E-state index in [0.29, 0.717) is 5.69 Å². The molecule has 0 bridgehead atoms. The Balaban J connectivity index is 2.55. The van der Waals surface area contributed by atoms with Crippen molar-refractivity contribution in [1.82, 2.24) is 9.78 Å². The zero-order chi connectivity index (χ0) is 12.6. The summed E-state index contributed by atoms with van der Waals surface area (Å²) in [6.45, 7) is 0. The van der Waals surface area contributed by atoms with E-state index in [0.717, 1.165) is 10.7 Å². The normalized spacial score (nSPS) is 11.6. The lowest BCUT2D eigenvalue weighted by Crippen LogP contribution is -2.05. The molecule has 2 aromatic rings. The number of rotatable bonds is 2. The highest BCUT2D eigenvalue weighted by Gasteiger charge is 2.17. The molecule has 0 aliphatic rings. The second-order valence-corrected chi connectivity index (χ2v) is 6.45. The van der Waals surface area contributed by atoms with Crippen LogP contribution in [-0.4, -0.2) is 24.5 Å². The fourth-order valence-corrected chi connectivity index (χ4v) is 2.39. The van der Waals surface area contributed by atoms with Gasteiger partial charge in [0, 0.05) is 10.7 Å². The molecule has 0 aliphatic carbocycles. The maximum Gasteiger partial charge on any atom is 0.180 e. The molecule has 0 amide bonds. The van der Waals surface area contributed by atoms with Crippen molar-refractivity contribution < 1.29 is 8.42 Å². The minimum atomic E-state index is -3.35. The Bertz CT molecular complexity index is 647. The maximum atomic E-state index is 11.4. The van der Waals surface area contributed by atoms with Gasteiger partial charge in [0.25, 0.3) is 0 Å². The summed E-state index contributed by atoms with van der Waals surface area (Å²) < 4.78 is 25.1. The lowest BCUT2D eigenvalue weighted by atomic mass is 10.3. The summed E-state index contributed by atoms with van der Waals surface area (Å²) in [5.41, 5.74) is 6.48. The number of nitrogens with two attached hydrogens (primary N) is 1. The van der Waals surface area contributed by atoms with Crippen LogP contribution in [0, 0.1) is 0 Å². The Kier molecular flexibility index (Phi) is 2.96. The van der Waals surface area contributed by atoms with E-state index < -0.39 is 9.84 Å². The summed E-state index contributed by atoms with van der Waals surface area (Å²) in [7, 11) is -3.35. The van der Waals surface area contributed by atoms with Crippen molar-refractivity contribution in [3.63, 3.8) is 0 Å². The zero-order valence-electron chi connectivity index (χ0n) is 8.96. The van der Waals surface area contributed by atoms with Crippen LogP contribution < -0.4 is 5.73 Å². The average molecular weight is 316 g/mol. The van der Waals surface area contributed by atoms with Gasteiger partial charge in [0.2, 0.25) is 0 Å². The van der Waals surface area contributed by atoms with Crippen molar-refractivity contribution in [1.29, 1.82) is 0 Å². The number of sulfone groups is 1. The molecule has 17 heavy (non-hydrogen) atoms. The molecule has 5 nitrogen and oxygen atoms in total. The van der Waals surface area contributed by atoms with Gasteiger partial charge in [-0.05, 0) is 24.3 Å². The van der Waals surface area contributed by atoms with Crippen LogP contribution in [0.4, 0.5) is 5.82 Å². The fourth-order valence-electron chi connectivity index (χ4n) is 1.42. The number of hydrogen-bond donors (Lipinski definition) is 1. The molecule has 0 radical (unpaired) electrons. The first kappa shape index (κ1) is 12.1. The Morgan fingerprint density at radius 1 is 1.29 bits per heavy atom. The summed E-state index contributed by atoms with van der Waals surface area (Å²) in [5, 5.41) is 3.98. The van der Waals surface area contributed by atoms with Crippen molar-refractivity contribution in [2.45, 2.75) is 4.90 Å². The lowest BCUT2D eigenvalue weighted by Gasteiger charge is -2.04. The van der Waals surface area contributed by atoms with Crippen LogP contribution in [0.2, 0.25) is 0 Å². The number of nitrogens with zero attached hydrogens (tertiary/aromatic N) is 2. The van der Waals surface area contributed by atoms with Gasteiger partial charge in [0.15, 0.2) is 9.84 Å². The van der Waals surface area contributed by atoms with Gasteiger partial charge < -0.3 is 5.73 Å². The molecule has 0 saturated carbocycles. The molecule has 2 rings (SSSR count). The summed E-state index contributed by atoms with van der Waals surface area (Å²) in [6, 6.07) is 7.24. The van der Waals surface area contributed by atoms with Gasteiger partial charge in [0.1, 0.15) is 10.7 Å². The van der Waals surface area contributed by atoms with Crippen molar-refractivity contribution >= 4 is 31.6 Å². The first-order valence-electron chi connectivity index (χ1n) is 4.69. The molecule has 0 aliphatic heterocycles. The Labute approximate surface area is 107 Å². The topological polar surface area (TPSA) is 78.0 Å². The molecule has 7 heteroatoms. The van der Waals surface area contributed by atoms with Gasteiger partial charge in [0.05, 0.1) is 11.9 Å². The summed E-state index contributed by atoms with van der Waals surface area (Å²) in [5.74, 6) is 0.120. The van der Waals surface area contributed by atoms with Crippen LogP contribution >= 0.6 is 15.9 Å². The predicted octanol–water partition coefficient (Wildman–Crippen LogP) is 1.62. The van der Waals surface area contributed by atoms with E-state index in [-0.39, 0.29) is 10.7 Å². The number of aromatic nitrogens is 2. The number of halogens is 1. The minimum absolute atomic E-state index is 0.0421. The fraction of sp³-hybridized carbons (Fsp3) is 0.100. The molecule has 0 fully saturated rings. The van der Waals surface area contributed by atoms with E-state index in [9.17, 15) is 8.42 Å². The number of nitrogen functional groups attached to an aromatic ring is 1. The summed E-state index contributed by atoms with van der Waals surface area (Å²) in [4.78, 5) is 0.0421. The Morgan fingerprint density at radius 3 is 2.35 bits per heavy atom. The zero-order valence-corrected chi connectivity index (χ0v) is 11.4. The molecule has 1 aromatic carbocycles. The van der Waals surface area contributed by atoms with Crippen LogP contribution in [-0.2, 0) is 9.84 Å². The molecule has 0 spiro atoms. The number of anilines is 1. The lowest BCUT2D eigenvalue weighted by molar-refractivity contribution is 0.602. The first-order chi connectivity index (χ1) is 7.89. The van der Waals surface area contributed by atoms with Gasteiger partial charge in [-0.2, -0.15) is 5.10 Å². The van der Waals surface area contributed by atoms with E-state index in [1.54, 1.807) is 12.1 Å². The molecule has 0 unspecified atom stereocenters. The molecular formula is C10H10BrN3O2S. The van der Waals surface area contributed by atoms with Crippen LogP contribution in [0.15, 0.2) is 39.8 Å². The molecule has 1 heterocycles. The SMILES string of the molecule is CS(=O)(=O)c1cnn(-c2ccc(Br)cc2)c1N. The highest BCUT2D eigenvalue weighted by Crippen LogP contribution is 2.22. The van der Waals surface area contributed by atoms with E-state index in [4.69, 9.17) is 5.73 Å². The smallest absolute Gasteiger partial charge is 0.180 e. The first-order valence-corrected chi connectivity index (χ1v) is 7.37. The van der Waals surface area contributed by atoms with Crippen LogP contribution in [0.5, 0.6) is 0 Å². The van der Waals surface area contributed by atoms with Crippen LogP contribution in [0.3, 0.4) is 0 Å². The maximum absolute atomic E-state index is 11.4. The Hall–Kier alpha value is -1.34. The van der Waals surface area contributed by atoms with Crippen molar-refractivity contribution in [3.05, 3.63) is 34.9 Å². The standard InChI is InChI=1S/C10H10BrN3O2S/c1-17(15,16)9-6-13-14(10(9)12)8-4-2-7(11)3-5-8/h2-6H,12H2,1H3. The predicted molar refractivity (Wildman–Crippen MR) is 68.8 cm³/mol. The second-order valence-electron chi connectivity index (χ2n) is 3.55. The van der Waals surface area contributed by atoms with Crippen molar-refractivity contribution in [3.8, 4) is 5.69 Å². The summed E-state index contributed by atoms with van der Waals surface area (Å²) >= 11 is 3.32. The quantitative estimate of drug-likeness (QED) is 0.913. The van der Waals surface area contributed by atoms with Gasteiger partial charge in [-0.15, -0.1) is 0 Å². The van der Waals surface area contributed by atoms with Crippen molar-refractivity contribution in [2.75, 3.05) is 12.0 Å². The monoisotopic (exact) mass is 315 g/mol. The van der Waals surface area contributed by atoms with Gasteiger partial charge in [-0.25, -0.2) is 13.1 Å². The molecule has 2 N–H and O–H groups in total. The van der Waals surface area contributed by atoms with E-state index in [2.05, 4.69) is 21.0 Å². The molecule has 90 valence electrons. The minimum Gasteiger partial charge on any atom is -0.382 e. The molecule has 0 saturated heterocycles. The molecule has 0 atom stereocenters. The number of benzene rings is 1. The second kappa shape index (κ2) is 4.15. The largest absolute Gasteiger partial charge is 0.382 e. The third-order valence-electron chi connectivity index (χ3n) is 2.24. The molecule has 1 aromatic heterocycles. The van der Waals surface area contributed by atoms with Gasteiger partial charge in [-0.1, -0.05) is 15.9 Å². The molecular weight excluding hydrogens is 306 g/mol. The summed E-state index contributed by atoms with van der Waals surface area (Å²) in [6.07, 6.45) is 2.36. The highest BCUT2D eigenvalue weighted by atomic mass is 79.9. The third kappa shape index (κ3) is 2.34. The highest BCUT2D eigenvalue weighted by molar-refractivity contribution is 9.10.